The van der Waals surface area contributed by atoms with Gasteiger partial charge in [0.25, 0.3) is 0 Å². The van der Waals surface area contributed by atoms with Gasteiger partial charge in [0, 0.05) is 26.1 Å². The number of carbonyl (C=O) groups excluding carboxylic acids is 2. The third-order valence-electron chi connectivity index (χ3n) is 6.26. The summed E-state index contributed by atoms with van der Waals surface area (Å²) in [5.41, 5.74) is 0.932. The number of rotatable bonds is 8. The van der Waals surface area contributed by atoms with Gasteiger partial charge in [-0.15, -0.1) is 0 Å². The van der Waals surface area contributed by atoms with Crippen LogP contribution < -0.4 is 10.3 Å². The van der Waals surface area contributed by atoms with E-state index in [0.29, 0.717) is 43.1 Å². The second-order valence-corrected chi connectivity index (χ2v) is 10.5. The molecule has 0 aliphatic carbocycles. The standard InChI is InChI=1S/C25H30N4O5S/c1-2-34-25(31)22-17-23(29(27-22)20-9-5-3-6-10-20)24(30)26-18-19-13-15-28(16-14-19)35(32,33)21-11-7-4-8-12-21/h3-12,19,23H,2,13-18H2,1H3,(H,26,30). The van der Waals surface area contributed by atoms with Crippen molar-refractivity contribution in [3.8, 4) is 0 Å². The fraction of sp³-hybridized carbons (Fsp3) is 0.400. The number of piperidine rings is 1. The maximum Gasteiger partial charge on any atom is 0.354 e. The van der Waals surface area contributed by atoms with Crippen LogP contribution in [-0.2, 0) is 24.3 Å². The fourth-order valence-electron chi connectivity index (χ4n) is 4.33. The number of nitrogens with one attached hydrogen (secondary N) is 1. The number of hydrogen-bond donors (Lipinski definition) is 1. The Morgan fingerprint density at radius 3 is 2.29 bits per heavy atom. The third kappa shape index (κ3) is 5.71. The number of sulfonamides is 1. The van der Waals surface area contributed by atoms with Crippen molar-refractivity contribution in [2.45, 2.75) is 37.1 Å². The first-order chi connectivity index (χ1) is 16.9. The van der Waals surface area contributed by atoms with Gasteiger partial charge in [-0.25, -0.2) is 13.2 Å². The van der Waals surface area contributed by atoms with E-state index in [1.165, 1.54) is 4.31 Å². The van der Waals surface area contributed by atoms with Crippen molar-refractivity contribution in [2.75, 3.05) is 31.3 Å². The Kier molecular flexibility index (Phi) is 7.82. The van der Waals surface area contributed by atoms with Gasteiger partial charge in [-0.2, -0.15) is 9.41 Å². The Labute approximate surface area is 205 Å². The molecule has 1 N–H and O–H groups in total. The number of hydrazone groups is 1. The summed E-state index contributed by atoms with van der Waals surface area (Å²) in [4.78, 5) is 25.7. The van der Waals surface area contributed by atoms with Crippen molar-refractivity contribution in [3.63, 3.8) is 0 Å². The predicted octanol–water partition coefficient (Wildman–Crippen LogP) is 2.40. The molecule has 1 fully saturated rings. The Hall–Kier alpha value is -3.24. The van der Waals surface area contributed by atoms with E-state index in [0.717, 1.165) is 0 Å². The molecule has 186 valence electrons. The minimum absolute atomic E-state index is 0.160. The van der Waals surface area contributed by atoms with Crippen LogP contribution in [0.3, 0.4) is 0 Å². The Morgan fingerprint density at radius 2 is 1.66 bits per heavy atom. The second kappa shape index (κ2) is 11.0. The number of anilines is 1. The normalized spacial score (nSPS) is 19.3. The first-order valence-corrected chi connectivity index (χ1v) is 13.3. The molecular formula is C25H30N4O5S. The van der Waals surface area contributed by atoms with E-state index in [1.807, 2.05) is 30.3 Å². The van der Waals surface area contributed by atoms with Gasteiger partial charge in [-0.05, 0) is 49.9 Å². The minimum atomic E-state index is -3.51. The number of nitrogens with zero attached hydrogens (tertiary/aromatic N) is 3. The van der Waals surface area contributed by atoms with Crippen LogP contribution in [0.25, 0.3) is 0 Å². The van der Waals surface area contributed by atoms with Crippen LogP contribution in [0.2, 0.25) is 0 Å². The van der Waals surface area contributed by atoms with E-state index in [-0.39, 0.29) is 30.6 Å². The molecule has 1 saturated heterocycles. The molecule has 2 aliphatic heterocycles. The Balaban J connectivity index is 1.34. The minimum Gasteiger partial charge on any atom is -0.461 e. The summed E-state index contributed by atoms with van der Waals surface area (Å²) in [5.74, 6) is -0.579. The lowest BCUT2D eigenvalue weighted by Gasteiger charge is -2.31. The van der Waals surface area contributed by atoms with Crippen LogP contribution in [0.5, 0.6) is 0 Å². The maximum absolute atomic E-state index is 13.1. The van der Waals surface area contributed by atoms with Crippen LogP contribution in [0.15, 0.2) is 70.7 Å². The number of ether oxygens (including phenoxy) is 1. The topological polar surface area (TPSA) is 108 Å². The van der Waals surface area contributed by atoms with E-state index in [2.05, 4.69) is 10.4 Å². The number of para-hydroxylation sites is 1. The number of esters is 1. The molecule has 1 amide bonds. The summed E-state index contributed by atoms with van der Waals surface area (Å²) in [6.07, 6.45) is 1.47. The predicted molar refractivity (Wildman–Crippen MR) is 132 cm³/mol. The van der Waals surface area contributed by atoms with Crippen LogP contribution in [0.4, 0.5) is 5.69 Å². The summed E-state index contributed by atoms with van der Waals surface area (Å²) in [7, 11) is -3.51. The third-order valence-corrected chi connectivity index (χ3v) is 8.18. The molecule has 10 heteroatoms. The summed E-state index contributed by atoms with van der Waals surface area (Å²) in [6.45, 7) is 3.22. The fourth-order valence-corrected chi connectivity index (χ4v) is 5.82. The van der Waals surface area contributed by atoms with Gasteiger partial charge in [0.05, 0.1) is 17.2 Å². The molecule has 1 atom stereocenters. The molecular weight excluding hydrogens is 468 g/mol. The van der Waals surface area contributed by atoms with Crippen molar-refractivity contribution < 1.29 is 22.7 Å². The highest BCUT2D eigenvalue weighted by molar-refractivity contribution is 7.89. The number of benzene rings is 2. The average Bonchev–Trinajstić information content (AvgIpc) is 3.35. The van der Waals surface area contributed by atoms with E-state index in [4.69, 9.17) is 4.74 Å². The highest BCUT2D eigenvalue weighted by Gasteiger charge is 2.37. The van der Waals surface area contributed by atoms with Crippen LogP contribution >= 0.6 is 0 Å². The van der Waals surface area contributed by atoms with Crippen molar-refractivity contribution >= 4 is 33.3 Å². The molecule has 35 heavy (non-hydrogen) atoms. The molecule has 2 aliphatic rings. The summed E-state index contributed by atoms with van der Waals surface area (Å²) in [5, 5.41) is 8.94. The SMILES string of the molecule is CCOC(=O)C1=NN(c2ccccc2)C(C(=O)NCC2CCN(S(=O)(=O)c3ccccc3)CC2)C1. The second-order valence-electron chi connectivity index (χ2n) is 8.57. The van der Waals surface area contributed by atoms with Gasteiger partial charge in [-0.1, -0.05) is 36.4 Å². The molecule has 4 rings (SSSR count). The lowest BCUT2D eigenvalue weighted by molar-refractivity contribution is -0.135. The zero-order valence-electron chi connectivity index (χ0n) is 19.7. The van der Waals surface area contributed by atoms with Gasteiger partial charge in [0.15, 0.2) is 0 Å². The Bertz CT molecular complexity index is 1160. The highest BCUT2D eigenvalue weighted by atomic mass is 32.2. The van der Waals surface area contributed by atoms with Crippen LogP contribution in [-0.4, -0.2) is 62.6 Å². The van der Waals surface area contributed by atoms with Gasteiger partial charge in [-0.3, -0.25) is 9.80 Å². The summed E-state index contributed by atoms with van der Waals surface area (Å²) >= 11 is 0. The largest absolute Gasteiger partial charge is 0.461 e. The van der Waals surface area contributed by atoms with E-state index >= 15 is 0 Å². The molecule has 2 aromatic rings. The number of carbonyl (C=O) groups is 2. The van der Waals surface area contributed by atoms with Gasteiger partial charge in [0.2, 0.25) is 15.9 Å². The van der Waals surface area contributed by atoms with Crippen molar-refractivity contribution in [1.82, 2.24) is 9.62 Å². The lowest BCUT2D eigenvalue weighted by atomic mass is 9.98. The van der Waals surface area contributed by atoms with Crippen molar-refractivity contribution in [1.29, 1.82) is 0 Å². The average molecular weight is 499 g/mol. The maximum atomic E-state index is 13.1. The first kappa shape index (κ1) is 24.9. The van der Waals surface area contributed by atoms with Gasteiger partial charge >= 0.3 is 5.97 Å². The van der Waals surface area contributed by atoms with E-state index in [9.17, 15) is 18.0 Å². The monoisotopic (exact) mass is 498 g/mol. The molecule has 0 bridgehead atoms. The summed E-state index contributed by atoms with van der Waals surface area (Å²) < 4.78 is 32.3. The molecule has 2 heterocycles. The summed E-state index contributed by atoms with van der Waals surface area (Å²) in [6, 6.07) is 17.0. The molecule has 0 saturated carbocycles. The van der Waals surface area contributed by atoms with Crippen LogP contribution in [0.1, 0.15) is 26.2 Å². The number of amides is 1. The smallest absolute Gasteiger partial charge is 0.354 e. The lowest BCUT2D eigenvalue weighted by Crippen LogP contribution is -2.46. The number of hydrogen-bond acceptors (Lipinski definition) is 7. The zero-order chi connectivity index (χ0) is 24.8. The van der Waals surface area contributed by atoms with Gasteiger partial charge in [0.1, 0.15) is 11.8 Å². The van der Waals surface area contributed by atoms with Gasteiger partial charge < -0.3 is 10.1 Å². The molecule has 2 aromatic carbocycles. The molecule has 9 nitrogen and oxygen atoms in total. The van der Waals surface area contributed by atoms with E-state index < -0.39 is 22.0 Å². The van der Waals surface area contributed by atoms with Crippen molar-refractivity contribution in [3.05, 3.63) is 60.7 Å². The zero-order valence-corrected chi connectivity index (χ0v) is 20.5. The van der Waals surface area contributed by atoms with E-state index in [1.54, 1.807) is 42.3 Å². The molecule has 0 spiro atoms. The first-order valence-electron chi connectivity index (χ1n) is 11.8. The molecule has 0 aromatic heterocycles. The van der Waals surface area contributed by atoms with Crippen LogP contribution in [0, 0.1) is 5.92 Å². The highest BCUT2D eigenvalue weighted by Crippen LogP contribution is 2.26. The molecule has 0 radical (unpaired) electrons. The molecule has 1 unspecified atom stereocenters. The Morgan fingerprint density at radius 1 is 1.03 bits per heavy atom. The van der Waals surface area contributed by atoms with Crippen molar-refractivity contribution in [2.24, 2.45) is 11.0 Å². The quantitative estimate of drug-likeness (QED) is 0.560.